The third-order valence-corrected chi connectivity index (χ3v) is 4.53. The molecule has 0 spiro atoms. The highest BCUT2D eigenvalue weighted by Crippen LogP contribution is 2.29. The predicted molar refractivity (Wildman–Crippen MR) is 81.3 cm³/mol. The second-order valence-electron chi connectivity index (χ2n) is 6.44. The first-order chi connectivity index (χ1) is 9.03. The molecule has 0 saturated heterocycles. The first-order valence-corrected chi connectivity index (χ1v) is 8.20. The topological polar surface area (TPSA) is 37.8 Å². The molecule has 1 aliphatic carbocycles. The van der Waals surface area contributed by atoms with Gasteiger partial charge < -0.3 is 5.32 Å². The van der Waals surface area contributed by atoms with Crippen molar-refractivity contribution in [3.8, 4) is 0 Å². The molecule has 1 aromatic heterocycles. The van der Waals surface area contributed by atoms with Crippen LogP contribution in [0.1, 0.15) is 52.0 Å². The van der Waals surface area contributed by atoms with Crippen molar-refractivity contribution in [2.45, 2.75) is 63.7 Å². The van der Waals surface area contributed by atoms with E-state index in [2.05, 4.69) is 36.1 Å². The summed E-state index contributed by atoms with van der Waals surface area (Å²) in [5.41, 5.74) is 1.29. The highest BCUT2D eigenvalue weighted by molar-refractivity contribution is 7.99. The van der Waals surface area contributed by atoms with Crippen LogP contribution in [0, 0.1) is 5.92 Å². The summed E-state index contributed by atoms with van der Waals surface area (Å²) in [6.07, 6.45) is 9.49. The molecule has 0 aliphatic heterocycles. The van der Waals surface area contributed by atoms with Crippen LogP contribution in [0.3, 0.4) is 0 Å². The van der Waals surface area contributed by atoms with E-state index >= 15 is 0 Å². The second kappa shape index (κ2) is 6.71. The Bertz CT molecular complexity index is 377. The maximum absolute atomic E-state index is 4.45. The highest BCUT2D eigenvalue weighted by atomic mass is 32.2. The Labute approximate surface area is 121 Å². The Kier molecular flexibility index (Phi) is 5.22. The fourth-order valence-electron chi connectivity index (χ4n) is 2.25. The summed E-state index contributed by atoms with van der Waals surface area (Å²) in [6, 6.07) is 0. The van der Waals surface area contributed by atoms with Crippen molar-refractivity contribution in [3.63, 3.8) is 0 Å². The lowest BCUT2D eigenvalue weighted by Crippen LogP contribution is -2.35. The molecule has 1 aliphatic rings. The van der Waals surface area contributed by atoms with Crippen LogP contribution in [0.4, 0.5) is 0 Å². The molecule has 0 unspecified atom stereocenters. The molecule has 0 aromatic carbocycles. The van der Waals surface area contributed by atoms with Crippen molar-refractivity contribution in [2.24, 2.45) is 5.92 Å². The van der Waals surface area contributed by atoms with Gasteiger partial charge >= 0.3 is 0 Å². The number of nitrogens with zero attached hydrogens (tertiary/aromatic N) is 2. The van der Waals surface area contributed by atoms with Gasteiger partial charge in [-0.25, -0.2) is 9.97 Å². The monoisotopic (exact) mass is 279 g/mol. The number of aromatic nitrogens is 2. The van der Waals surface area contributed by atoms with E-state index in [-0.39, 0.29) is 5.54 Å². The SMILES string of the molecule is CC(C)(C)NCc1cnc(SCC2CCCC2)nc1. The average molecular weight is 279 g/mol. The summed E-state index contributed by atoms with van der Waals surface area (Å²) in [4.78, 5) is 8.90. The van der Waals surface area contributed by atoms with Gasteiger partial charge in [0.1, 0.15) is 0 Å². The fourth-order valence-corrected chi connectivity index (χ4v) is 3.22. The maximum atomic E-state index is 4.45. The van der Waals surface area contributed by atoms with E-state index in [0.29, 0.717) is 0 Å². The van der Waals surface area contributed by atoms with Crippen molar-refractivity contribution >= 4 is 11.8 Å². The number of thioether (sulfide) groups is 1. The van der Waals surface area contributed by atoms with Crippen molar-refractivity contribution < 1.29 is 0 Å². The molecule has 19 heavy (non-hydrogen) atoms. The van der Waals surface area contributed by atoms with E-state index in [1.807, 2.05) is 24.2 Å². The van der Waals surface area contributed by atoms with Crippen molar-refractivity contribution in [1.29, 1.82) is 0 Å². The first kappa shape index (κ1) is 14.8. The summed E-state index contributed by atoms with van der Waals surface area (Å²) < 4.78 is 0. The van der Waals surface area contributed by atoms with E-state index in [1.54, 1.807) is 0 Å². The van der Waals surface area contributed by atoms with Crippen LogP contribution >= 0.6 is 11.8 Å². The molecule has 106 valence electrons. The Balaban J connectivity index is 1.77. The minimum atomic E-state index is 0.135. The molecule has 1 heterocycles. The molecule has 1 saturated carbocycles. The van der Waals surface area contributed by atoms with Crippen molar-refractivity contribution in [1.82, 2.24) is 15.3 Å². The largest absolute Gasteiger partial charge is 0.308 e. The van der Waals surface area contributed by atoms with E-state index in [0.717, 1.165) is 23.2 Å². The zero-order valence-electron chi connectivity index (χ0n) is 12.3. The van der Waals surface area contributed by atoms with Crippen LogP contribution in [-0.2, 0) is 6.54 Å². The van der Waals surface area contributed by atoms with Gasteiger partial charge in [0.05, 0.1) is 0 Å². The van der Waals surface area contributed by atoms with Gasteiger partial charge in [0.25, 0.3) is 0 Å². The predicted octanol–water partition coefficient (Wildman–Crippen LogP) is 3.65. The smallest absolute Gasteiger partial charge is 0.187 e. The quantitative estimate of drug-likeness (QED) is 0.659. The van der Waals surface area contributed by atoms with Crippen LogP contribution in [0.25, 0.3) is 0 Å². The molecule has 4 heteroatoms. The third kappa shape index (κ3) is 5.49. The van der Waals surface area contributed by atoms with E-state index in [1.165, 1.54) is 31.4 Å². The average Bonchev–Trinajstić information content (AvgIpc) is 2.87. The normalized spacial score (nSPS) is 17.0. The molecule has 1 fully saturated rings. The molecule has 0 bridgehead atoms. The summed E-state index contributed by atoms with van der Waals surface area (Å²) in [5.74, 6) is 2.07. The minimum Gasteiger partial charge on any atom is -0.308 e. The van der Waals surface area contributed by atoms with Crippen LogP contribution in [0.2, 0.25) is 0 Å². The minimum absolute atomic E-state index is 0.135. The molecular formula is C15H25N3S. The zero-order valence-corrected chi connectivity index (χ0v) is 13.1. The highest BCUT2D eigenvalue weighted by Gasteiger charge is 2.15. The van der Waals surface area contributed by atoms with Gasteiger partial charge in [-0.05, 0) is 39.5 Å². The van der Waals surface area contributed by atoms with E-state index < -0.39 is 0 Å². The number of hydrogen-bond donors (Lipinski definition) is 1. The van der Waals surface area contributed by atoms with E-state index in [4.69, 9.17) is 0 Å². The Morgan fingerprint density at radius 2 is 1.84 bits per heavy atom. The molecule has 0 amide bonds. The lowest BCUT2D eigenvalue weighted by atomic mass is 10.1. The maximum Gasteiger partial charge on any atom is 0.187 e. The molecular weight excluding hydrogens is 254 g/mol. The molecule has 0 radical (unpaired) electrons. The molecule has 3 nitrogen and oxygen atoms in total. The summed E-state index contributed by atoms with van der Waals surface area (Å²) in [5, 5.41) is 4.37. The van der Waals surface area contributed by atoms with Gasteiger partial charge in [0.2, 0.25) is 0 Å². The van der Waals surface area contributed by atoms with E-state index in [9.17, 15) is 0 Å². The number of hydrogen-bond acceptors (Lipinski definition) is 4. The Morgan fingerprint density at radius 1 is 1.21 bits per heavy atom. The number of rotatable bonds is 5. The second-order valence-corrected chi connectivity index (χ2v) is 7.43. The van der Waals surface area contributed by atoms with Gasteiger partial charge in [-0.2, -0.15) is 0 Å². The van der Waals surface area contributed by atoms with Crippen LogP contribution in [-0.4, -0.2) is 21.3 Å². The summed E-state index contributed by atoms with van der Waals surface area (Å²) in [6.45, 7) is 7.33. The molecule has 0 atom stereocenters. The van der Waals surface area contributed by atoms with Gasteiger partial charge in [-0.3, -0.25) is 0 Å². The van der Waals surface area contributed by atoms with Crippen molar-refractivity contribution in [2.75, 3.05) is 5.75 Å². The first-order valence-electron chi connectivity index (χ1n) is 7.22. The lowest BCUT2D eigenvalue weighted by Gasteiger charge is -2.20. The number of nitrogens with one attached hydrogen (secondary N) is 1. The lowest BCUT2D eigenvalue weighted by molar-refractivity contribution is 0.423. The van der Waals surface area contributed by atoms with Gasteiger partial charge in [0, 0.05) is 35.8 Å². The Morgan fingerprint density at radius 3 is 2.42 bits per heavy atom. The van der Waals surface area contributed by atoms with Gasteiger partial charge in [0.15, 0.2) is 5.16 Å². The summed E-state index contributed by atoms with van der Waals surface area (Å²) in [7, 11) is 0. The molecule has 1 N–H and O–H groups in total. The van der Waals surface area contributed by atoms with Crippen LogP contribution < -0.4 is 5.32 Å². The zero-order chi connectivity index (χ0) is 13.7. The van der Waals surface area contributed by atoms with Crippen molar-refractivity contribution in [3.05, 3.63) is 18.0 Å². The fraction of sp³-hybridized carbons (Fsp3) is 0.733. The van der Waals surface area contributed by atoms with Crippen LogP contribution in [0.5, 0.6) is 0 Å². The molecule has 2 rings (SSSR count). The standard InChI is InChI=1S/C15H25N3S/c1-15(2,3)18-10-13-8-16-14(17-9-13)19-11-12-6-4-5-7-12/h8-9,12,18H,4-7,10-11H2,1-3H3. The van der Waals surface area contributed by atoms with Crippen LogP contribution in [0.15, 0.2) is 17.6 Å². The Hall–Kier alpha value is -0.610. The molecule has 1 aromatic rings. The third-order valence-electron chi connectivity index (χ3n) is 3.43. The van der Waals surface area contributed by atoms with Gasteiger partial charge in [-0.1, -0.05) is 24.6 Å². The summed E-state index contributed by atoms with van der Waals surface area (Å²) >= 11 is 1.81. The van der Waals surface area contributed by atoms with Gasteiger partial charge in [-0.15, -0.1) is 0 Å².